The van der Waals surface area contributed by atoms with Gasteiger partial charge in [0.1, 0.15) is 28.6 Å². The maximum atomic E-state index is 11.4. The minimum atomic E-state index is -1.05. The van der Waals surface area contributed by atoms with Crippen molar-refractivity contribution in [3.63, 3.8) is 0 Å². The van der Waals surface area contributed by atoms with Crippen LogP contribution in [0.4, 0.5) is 0 Å². The van der Waals surface area contributed by atoms with Crippen LogP contribution >= 0.6 is 0 Å². The van der Waals surface area contributed by atoms with E-state index in [1.165, 1.54) is 6.07 Å². The molecule has 0 saturated carbocycles. The molecule has 3 rings (SSSR count). The highest BCUT2D eigenvalue weighted by Crippen LogP contribution is 2.31. The molecule has 0 saturated heterocycles. The molecule has 3 aromatic carbocycles. The van der Waals surface area contributed by atoms with Crippen molar-refractivity contribution in [3.05, 3.63) is 84.4 Å². The smallest absolute Gasteiger partial charge is 0.339 e. The van der Waals surface area contributed by atoms with Crippen LogP contribution in [0.25, 0.3) is 0 Å². The van der Waals surface area contributed by atoms with Gasteiger partial charge in [-0.25, -0.2) is 4.79 Å². The van der Waals surface area contributed by atoms with Gasteiger partial charge in [-0.3, -0.25) is 0 Å². The molecule has 0 aliphatic heterocycles. The Balaban J connectivity index is 1.91. The Morgan fingerprint density at radius 1 is 0.696 bits per heavy atom. The van der Waals surface area contributed by atoms with Gasteiger partial charge >= 0.3 is 5.97 Å². The summed E-state index contributed by atoms with van der Waals surface area (Å²) >= 11 is 0. The van der Waals surface area contributed by atoms with Crippen molar-refractivity contribution in [2.75, 3.05) is 0 Å². The van der Waals surface area contributed by atoms with Crippen molar-refractivity contribution in [2.24, 2.45) is 0 Å². The van der Waals surface area contributed by atoms with Gasteiger partial charge in [-0.05, 0) is 36.4 Å². The van der Waals surface area contributed by atoms with E-state index in [2.05, 4.69) is 0 Å². The maximum Gasteiger partial charge on any atom is 0.339 e. The largest absolute Gasteiger partial charge is 0.478 e. The molecule has 0 unspecified atom stereocenters. The lowest BCUT2D eigenvalue weighted by Gasteiger charge is -2.11. The summed E-state index contributed by atoms with van der Waals surface area (Å²) < 4.78 is 11.4. The minimum Gasteiger partial charge on any atom is -0.478 e. The lowest BCUT2D eigenvalue weighted by Crippen LogP contribution is -2.00. The topological polar surface area (TPSA) is 55.8 Å². The number of ether oxygens (including phenoxy) is 2. The second kappa shape index (κ2) is 6.66. The van der Waals surface area contributed by atoms with Gasteiger partial charge in [-0.2, -0.15) is 0 Å². The Morgan fingerprint density at radius 3 is 1.83 bits per heavy atom. The predicted octanol–water partition coefficient (Wildman–Crippen LogP) is 4.97. The fourth-order valence-corrected chi connectivity index (χ4v) is 2.07. The number of aromatic carboxylic acids is 1. The van der Waals surface area contributed by atoms with Crippen LogP contribution < -0.4 is 9.47 Å². The first kappa shape index (κ1) is 14.7. The fourth-order valence-electron chi connectivity index (χ4n) is 2.07. The Bertz CT molecular complexity index is 798. The lowest BCUT2D eigenvalue weighted by molar-refractivity contribution is 0.0694. The van der Waals surface area contributed by atoms with Crippen LogP contribution in [-0.4, -0.2) is 11.1 Å². The average Bonchev–Trinajstić information content (AvgIpc) is 2.57. The minimum absolute atomic E-state index is 0.0780. The molecule has 0 spiro atoms. The van der Waals surface area contributed by atoms with Crippen LogP contribution in [0.1, 0.15) is 10.4 Å². The van der Waals surface area contributed by atoms with E-state index in [1.54, 1.807) is 24.3 Å². The summed E-state index contributed by atoms with van der Waals surface area (Å²) in [6, 6.07) is 22.9. The van der Waals surface area contributed by atoms with Crippen molar-refractivity contribution in [3.8, 4) is 23.0 Å². The SMILES string of the molecule is O=C(O)c1ccc(Oc2ccccc2)cc1Oc1ccccc1. The van der Waals surface area contributed by atoms with Crippen molar-refractivity contribution >= 4 is 5.97 Å². The molecule has 114 valence electrons. The molecule has 3 aromatic rings. The van der Waals surface area contributed by atoms with Crippen molar-refractivity contribution in [1.29, 1.82) is 0 Å². The second-order valence-corrected chi connectivity index (χ2v) is 4.79. The summed E-state index contributed by atoms with van der Waals surface area (Å²) in [5.74, 6) is 0.916. The standard InChI is InChI=1S/C19H14O4/c20-19(21)17-12-11-16(22-14-7-3-1-4-8-14)13-18(17)23-15-9-5-2-6-10-15/h1-13H,(H,20,21). The molecule has 0 bridgehead atoms. The van der Waals surface area contributed by atoms with Gasteiger partial charge in [-0.15, -0.1) is 0 Å². The predicted molar refractivity (Wildman–Crippen MR) is 86.4 cm³/mol. The van der Waals surface area contributed by atoms with Crippen LogP contribution in [0, 0.1) is 0 Å². The molecule has 0 fully saturated rings. The van der Waals surface area contributed by atoms with Gasteiger partial charge in [0, 0.05) is 6.07 Å². The second-order valence-electron chi connectivity index (χ2n) is 4.79. The van der Waals surface area contributed by atoms with Gasteiger partial charge in [0.2, 0.25) is 0 Å². The summed E-state index contributed by atoms with van der Waals surface area (Å²) in [4.78, 5) is 11.4. The average molecular weight is 306 g/mol. The van der Waals surface area contributed by atoms with E-state index in [9.17, 15) is 9.90 Å². The van der Waals surface area contributed by atoms with Crippen LogP contribution in [0.5, 0.6) is 23.0 Å². The Labute approximate surface area is 133 Å². The van der Waals surface area contributed by atoms with Gasteiger partial charge in [0.15, 0.2) is 0 Å². The van der Waals surface area contributed by atoms with Gasteiger partial charge < -0.3 is 14.6 Å². The van der Waals surface area contributed by atoms with Crippen LogP contribution in [0.2, 0.25) is 0 Å². The monoisotopic (exact) mass is 306 g/mol. The van der Waals surface area contributed by atoms with Crippen LogP contribution in [0.3, 0.4) is 0 Å². The highest BCUT2D eigenvalue weighted by Gasteiger charge is 2.14. The highest BCUT2D eigenvalue weighted by molar-refractivity contribution is 5.91. The zero-order valence-electron chi connectivity index (χ0n) is 12.2. The molecule has 0 radical (unpaired) electrons. The number of para-hydroxylation sites is 2. The molecule has 0 aromatic heterocycles. The Morgan fingerprint density at radius 2 is 1.26 bits per heavy atom. The molecule has 4 nitrogen and oxygen atoms in total. The fraction of sp³-hybridized carbons (Fsp3) is 0. The molecule has 4 heteroatoms. The molecule has 0 amide bonds. The zero-order valence-corrected chi connectivity index (χ0v) is 12.2. The van der Waals surface area contributed by atoms with E-state index in [4.69, 9.17) is 9.47 Å². The van der Waals surface area contributed by atoms with E-state index >= 15 is 0 Å². The summed E-state index contributed by atoms with van der Waals surface area (Å²) in [7, 11) is 0. The number of hydrogen-bond acceptors (Lipinski definition) is 3. The van der Waals surface area contributed by atoms with E-state index in [1.807, 2.05) is 48.5 Å². The van der Waals surface area contributed by atoms with E-state index in [-0.39, 0.29) is 11.3 Å². The Kier molecular flexibility index (Phi) is 4.25. The first-order valence-corrected chi connectivity index (χ1v) is 7.05. The van der Waals surface area contributed by atoms with Crippen LogP contribution in [-0.2, 0) is 0 Å². The molecule has 0 aliphatic carbocycles. The summed E-state index contributed by atoms with van der Waals surface area (Å²) in [5, 5.41) is 9.30. The first-order valence-electron chi connectivity index (χ1n) is 7.05. The lowest BCUT2D eigenvalue weighted by atomic mass is 10.2. The van der Waals surface area contributed by atoms with Crippen molar-refractivity contribution in [2.45, 2.75) is 0 Å². The summed E-state index contributed by atoms with van der Waals surface area (Å²) in [6.45, 7) is 0. The molecule has 1 N–H and O–H groups in total. The van der Waals surface area contributed by atoms with Crippen LogP contribution in [0.15, 0.2) is 78.9 Å². The van der Waals surface area contributed by atoms with E-state index in [0.29, 0.717) is 17.2 Å². The third-order valence-electron chi connectivity index (χ3n) is 3.13. The Hall–Kier alpha value is -3.27. The summed E-state index contributed by atoms with van der Waals surface area (Å²) in [6.07, 6.45) is 0. The molecule has 0 atom stereocenters. The third-order valence-corrected chi connectivity index (χ3v) is 3.13. The summed E-state index contributed by atoms with van der Waals surface area (Å²) in [5.41, 5.74) is 0.0780. The van der Waals surface area contributed by atoms with E-state index in [0.717, 1.165) is 0 Å². The molecule has 23 heavy (non-hydrogen) atoms. The van der Waals surface area contributed by atoms with Crippen molar-refractivity contribution in [1.82, 2.24) is 0 Å². The molecular weight excluding hydrogens is 292 g/mol. The normalized spacial score (nSPS) is 10.1. The molecule has 0 heterocycles. The highest BCUT2D eigenvalue weighted by atomic mass is 16.5. The molecular formula is C19H14O4. The van der Waals surface area contributed by atoms with Gasteiger partial charge in [-0.1, -0.05) is 36.4 Å². The maximum absolute atomic E-state index is 11.4. The van der Waals surface area contributed by atoms with Crippen molar-refractivity contribution < 1.29 is 19.4 Å². The first-order chi connectivity index (χ1) is 11.2. The molecule has 0 aliphatic rings. The number of benzene rings is 3. The number of carboxylic acids is 1. The third kappa shape index (κ3) is 3.68. The number of rotatable bonds is 5. The van der Waals surface area contributed by atoms with Gasteiger partial charge in [0.05, 0.1) is 0 Å². The number of carbonyl (C=O) groups is 1. The van der Waals surface area contributed by atoms with E-state index < -0.39 is 5.97 Å². The quantitative estimate of drug-likeness (QED) is 0.723. The number of carboxylic acid groups (broad SMARTS) is 1. The number of hydrogen-bond donors (Lipinski definition) is 1. The van der Waals surface area contributed by atoms with Gasteiger partial charge in [0.25, 0.3) is 0 Å². The zero-order chi connectivity index (χ0) is 16.1.